The number of anilines is 1. The van der Waals surface area contributed by atoms with Crippen molar-refractivity contribution in [3.8, 4) is 0 Å². The minimum Gasteiger partial charge on any atom is -0.352 e. The molecule has 9 heteroatoms. The second-order valence-corrected chi connectivity index (χ2v) is 9.61. The largest absolute Gasteiger partial charge is 0.352 e. The van der Waals surface area contributed by atoms with Crippen molar-refractivity contribution in [2.75, 3.05) is 11.1 Å². The zero-order chi connectivity index (χ0) is 19.4. The van der Waals surface area contributed by atoms with Gasteiger partial charge < -0.3 is 10.6 Å². The first kappa shape index (κ1) is 19.4. The fourth-order valence-corrected chi connectivity index (χ4v) is 4.71. The lowest BCUT2D eigenvalue weighted by Crippen LogP contribution is -2.27. The molecule has 0 bridgehead atoms. The Morgan fingerprint density at radius 3 is 2.89 bits per heavy atom. The third-order valence-corrected chi connectivity index (χ3v) is 6.94. The topological polar surface area (TPSA) is 105 Å². The van der Waals surface area contributed by atoms with Gasteiger partial charge in [-0.05, 0) is 36.8 Å². The smallest absolute Gasteiger partial charge is 0.237 e. The van der Waals surface area contributed by atoms with Gasteiger partial charge in [-0.25, -0.2) is 8.42 Å². The number of nitrogens with zero attached hydrogens (tertiary/aromatic N) is 1. The molecule has 0 saturated carbocycles. The van der Waals surface area contributed by atoms with Crippen LogP contribution in [0, 0.1) is 0 Å². The molecule has 2 aromatic rings. The van der Waals surface area contributed by atoms with Crippen LogP contribution in [-0.4, -0.2) is 36.2 Å². The Labute approximate surface area is 161 Å². The van der Waals surface area contributed by atoms with E-state index in [4.69, 9.17) is 0 Å². The van der Waals surface area contributed by atoms with Crippen molar-refractivity contribution in [1.82, 2.24) is 10.3 Å². The highest BCUT2D eigenvalue weighted by atomic mass is 32.2. The van der Waals surface area contributed by atoms with E-state index in [1.54, 1.807) is 31.5 Å². The number of rotatable bonds is 6. The molecule has 0 saturated heterocycles. The van der Waals surface area contributed by atoms with E-state index >= 15 is 0 Å². The molecule has 2 amide bonds. The second kappa shape index (κ2) is 8.10. The van der Waals surface area contributed by atoms with Crippen LogP contribution in [0.5, 0.6) is 0 Å². The first-order chi connectivity index (χ1) is 12.8. The summed E-state index contributed by atoms with van der Waals surface area (Å²) < 4.78 is 25.1. The van der Waals surface area contributed by atoms with Crippen LogP contribution in [0.3, 0.4) is 0 Å². The van der Waals surface area contributed by atoms with E-state index in [0.717, 1.165) is 10.5 Å². The minimum absolute atomic E-state index is 0.0942. The van der Waals surface area contributed by atoms with Gasteiger partial charge in [0.2, 0.25) is 11.8 Å². The summed E-state index contributed by atoms with van der Waals surface area (Å²) in [6.07, 6.45) is 3.13. The molecule has 3 rings (SSSR count). The highest BCUT2D eigenvalue weighted by Gasteiger charge is 2.25. The molecule has 0 fully saturated rings. The molecule has 7 nitrogen and oxygen atoms in total. The molecule has 1 aromatic heterocycles. The molecule has 1 aliphatic rings. The maximum atomic E-state index is 12.5. The van der Waals surface area contributed by atoms with Crippen molar-refractivity contribution >= 4 is 39.1 Å². The number of benzene rings is 1. The lowest BCUT2D eigenvalue weighted by molar-refractivity contribution is -0.121. The molecule has 0 spiro atoms. The zero-order valence-electron chi connectivity index (χ0n) is 14.6. The Bertz CT molecular complexity index is 962. The summed E-state index contributed by atoms with van der Waals surface area (Å²) in [5, 5.41) is 5.18. The molecule has 0 aliphatic carbocycles. The van der Waals surface area contributed by atoms with Gasteiger partial charge in [-0.15, -0.1) is 11.8 Å². The average molecular weight is 406 g/mol. The van der Waals surface area contributed by atoms with Gasteiger partial charge in [-0.2, -0.15) is 0 Å². The summed E-state index contributed by atoms with van der Waals surface area (Å²) in [6.45, 7) is 2.09. The fourth-order valence-electron chi connectivity index (χ4n) is 2.52. The summed E-state index contributed by atoms with van der Waals surface area (Å²) in [5.41, 5.74) is 1.33. The van der Waals surface area contributed by atoms with Gasteiger partial charge >= 0.3 is 0 Å². The van der Waals surface area contributed by atoms with Crippen molar-refractivity contribution in [1.29, 1.82) is 0 Å². The first-order valence-corrected chi connectivity index (χ1v) is 10.9. The number of nitrogens with one attached hydrogen (secondary N) is 2. The molecule has 27 heavy (non-hydrogen) atoms. The van der Waals surface area contributed by atoms with Crippen LogP contribution in [0.25, 0.3) is 0 Å². The number of hydrogen-bond acceptors (Lipinski definition) is 6. The van der Waals surface area contributed by atoms with Crippen molar-refractivity contribution < 1.29 is 18.0 Å². The van der Waals surface area contributed by atoms with Crippen LogP contribution in [-0.2, 0) is 26.0 Å². The fraction of sp³-hybridized carbons (Fsp3) is 0.278. The number of carbonyl (C=O) groups excluding carboxylic acids is 2. The molecule has 1 aromatic carbocycles. The van der Waals surface area contributed by atoms with E-state index in [1.807, 2.05) is 6.07 Å². The van der Waals surface area contributed by atoms with Crippen LogP contribution in [0.4, 0.5) is 5.69 Å². The summed E-state index contributed by atoms with van der Waals surface area (Å²) >= 11 is 1.39. The maximum absolute atomic E-state index is 12.5. The predicted octanol–water partition coefficient (Wildman–Crippen LogP) is 1.99. The third kappa shape index (κ3) is 4.86. The minimum atomic E-state index is -3.64. The third-order valence-electron chi connectivity index (χ3n) is 4.05. The Morgan fingerprint density at radius 2 is 2.15 bits per heavy atom. The molecule has 1 aliphatic heterocycles. The Balaban J connectivity index is 1.61. The van der Waals surface area contributed by atoms with Gasteiger partial charge in [0, 0.05) is 30.3 Å². The number of carbonyl (C=O) groups is 2. The highest BCUT2D eigenvalue weighted by Crippen LogP contribution is 2.36. The molecule has 1 atom stereocenters. The lowest BCUT2D eigenvalue weighted by Gasteiger charge is -2.21. The van der Waals surface area contributed by atoms with Crippen LogP contribution in [0.1, 0.15) is 18.9 Å². The normalized spacial score (nSPS) is 16.3. The summed E-state index contributed by atoms with van der Waals surface area (Å²) in [7, 11) is -3.64. The molecule has 0 radical (unpaired) electrons. The highest BCUT2D eigenvalue weighted by molar-refractivity contribution is 8.01. The second-order valence-electron chi connectivity index (χ2n) is 6.11. The Morgan fingerprint density at radius 1 is 1.33 bits per heavy atom. The van der Waals surface area contributed by atoms with E-state index < -0.39 is 9.84 Å². The molecular formula is C18H19N3O4S2. The Kier molecular flexibility index (Phi) is 5.81. The Hall–Kier alpha value is -2.39. The summed E-state index contributed by atoms with van der Waals surface area (Å²) in [6, 6.07) is 8.24. The number of pyridine rings is 1. The van der Waals surface area contributed by atoms with Crippen molar-refractivity contribution in [2.24, 2.45) is 0 Å². The summed E-state index contributed by atoms with van der Waals surface area (Å²) in [5.74, 6) is -0.808. The van der Waals surface area contributed by atoms with Gasteiger partial charge in [-0.3, -0.25) is 14.6 Å². The van der Waals surface area contributed by atoms with E-state index in [2.05, 4.69) is 15.6 Å². The van der Waals surface area contributed by atoms with E-state index in [-0.39, 0.29) is 34.1 Å². The molecule has 2 heterocycles. The van der Waals surface area contributed by atoms with E-state index in [1.165, 1.54) is 23.9 Å². The maximum Gasteiger partial charge on any atom is 0.237 e. The van der Waals surface area contributed by atoms with Gasteiger partial charge in [0.05, 0.1) is 21.6 Å². The quantitative estimate of drug-likeness (QED) is 0.762. The standard InChI is InChI=1S/C18H19N3O4S2/c1-12-18(23)21-15-9-14(4-5-16(15)26-12)27(24,25)8-6-17(22)20-11-13-3-2-7-19-10-13/h2-5,7,9-10,12H,6,8,11H2,1H3,(H,20,22)(H,21,23)/t12-/m1/s1. The van der Waals surface area contributed by atoms with Gasteiger partial charge in [0.15, 0.2) is 9.84 Å². The molecule has 0 unspecified atom stereocenters. The number of sulfone groups is 1. The SMILES string of the molecule is C[C@H]1Sc2ccc(S(=O)(=O)CCC(=O)NCc3cccnc3)cc2NC1=O. The van der Waals surface area contributed by atoms with Gasteiger partial charge in [0.25, 0.3) is 0 Å². The summed E-state index contributed by atoms with van der Waals surface area (Å²) in [4.78, 5) is 28.6. The first-order valence-electron chi connectivity index (χ1n) is 8.35. The number of thioether (sulfide) groups is 1. The van der Waals surface area contributed by atoms with Gasteiger partial charge in [-0.1, -0.05) is 6.07 Å². The lowest BCUT2D eigenvalue weighted by atomic mass is 10.3. The van der Waals surface area contributed by atoms with Gasteiger partial charge in [0.1, 0.15) is 0 Å². The monoisotopic (exact) mass is 405 g/mol. The van der Waals surface area contributed by atoms with Crippen LogP contribution in [0.15, 0.2) is 52.5 Å². The zero-order valence-corrected chi connectivity index (χ0v) is 16.3. The number of amides is 2. The van der Waals surface area contributed by atoms with Crippen LogP contribution in [0.2, 0.25) is 0 Å². The number of aromatic nitrogens is 1. The van der Waals surface area contributed by atoms with E-state index in [9.17, 15) is 18.0 Å². The van der Waals surface area contributed by atoms with Crippen LogP contribution >= 0.6 is 11.8 Å². The average Bonchev–Trinajstić information content (AvgIpc) is 2.66. The predicted molar refractivity (Wildman–Crippen MR) is 103 cm³/mol. The molecular weight excluding hydrogens is 386 g/mol. The van der Waals surface area contributed by atoms with Crippen LogP contribution < -0.4 is 10.6 Å². The number of hydrogen-bond donors (Lipinski definition) is 2. The van der Waals surface area contributed by atoms with Crippen molar-refractivity contribution in [3.05, 3.63) is 48.3 Å². The van der Waals surface area contributed by atoms with E-state index in [0.29, 0.717) is 12.2 Å². The van der Waals surface area contributed by atoms with Crippen molar-refractivity contribution in [3.63, 3.8) is 0 Å². The molecule has 2 N–H and O–H groups in total. The van der Waals surface area contributed by atoms with Crippen molar-refractivity contribution in [2.45, 2.75) is 34.9 Å². The number of fused-ring (bicyclic) bond motifs is 1. The molecule has 142 valence electrons.